The maximum absolute atomic E-state index is 11.7. The Morgan fingerprint density at radius 1 is 1.53 bits per heavy atom. The smallest absolute Gasteiger partial charge is 0.325 e. The number of carbonyl (C=O) groups is 2. The van der Waals surface area contributed by atoms with Crippen molar-refractivity contribution in [2.45, 2.75) is 6.54 Å². The predicted octanol–water partition coefficient (Wildman–Crippen LogP) is 1.28. The molecule has 0 aliphatic heterocycles. The van der Waals surface area contributed by atoms with Gasteiger partial charge in [-0.3, -0.25) is 14.3 Å². The maximum Gasteiger partial charge on any atom is 0.325 e. The van der Waals surface area contributed by atoms with Gasteiger partial charge in [-0.25, -0.2) is 0 Å². The van der Waals surface area contributed by atoms with E-state index >= 15 is 0 Å². The number of carbonyl (C=O) groups excluding carboxylic acids is 1. The number of rotatable bonds is 4. The molecule has 0 atom stereocenters. The number of nitrogens with one attached hydrogen (secondary N) is 1. The lowest BCUT2D eigenvalue weighted by Crippen LogP contribution is -2.10. The fourth-order valence-electron chi connectivity index (χ4n) is 1.25. The Morgan fingerprint density at radius 3 is 3.00 bits per heavy atom. The van der Waals surface area contributed by atoms with Crippen LogP contribution in [0.5, 0.6) is 0 Å². The SMILES string of the molecule is O=C(O)Cn1cc(NC(=O)c2cccs2)cn1. The molecule has 2 N–H and O–H groups in total. The first kappa shape index (κ1) is 11.3. The van der Waals surface area contributed by atoms with Gasteiger partial charge >= 0.3 is 5.97 Å². The minimum Gasteiger partial charge on any atom is -0.480 e. The summed E-state index contributed by atoms with van der Waals surface area (Å²) in [6.45, 7) is -0.227. The van der Waals surface area contributed by atoms with Gasteiger partial charge in [-0.05, 0) is 11.4 Å². The van der Waals surface area contributed by atoms with Crippen LogP contribution < -0.4 is 5.32 Å². The van der Waals surface area contributed by atoms with Gasteiger partial charge in [-0.15, -0.1) is 11.3 Å². The van der Waals surface area contributed by atoms with Gasteiger partial charge in [0.05, 0.1) is 16.8 Å². The first-order chi connectivity index (χ1) is 8.15. The van der Waals surface area contributed by atoms with Crippen molar-refractivity contribution < 1.29 is 14.7 Å². The third kappa shape index (κ3) is 2.91. The van der Waals surface area contributed by atoms with Crippen molar-refractivity contribution >= 4 is 28.9 Å². The van der Waals surface area contributed by atoms with E-state index in [1.54, 1.807) is 12.1 Å². The minimum absolute atomic E-state index is 0.227. The number of carboxylic acid groups (broad SMARTS) is 1. The lowest BCUT2D eigenvalue weighted by atomic mass is 10.4. The predicted molar refractivity (Wildman–Crippen MR) is 62.1 cm³/mol. The minimum atomic E-state index is -0.982. The lowest BCUT2D eigenvalue weighted by Gasteiger charge is -1.98. The molecule has 0 radical (unpaired) electrons. The molecular weight excluding hydrogens is 242 g/mol. The van der Waals surface area contributed by atoms with Crippen LogP contribution in [0.2, 0.25) is 0 Å². The summed E-state index contributed by atoms with van der Waals surface area (Å²) >= 11 is 1.33. The van der Waals surface area contributed by atoms with Crippen LogP contribution in [0, 0.1) is 0 Å². The largest absolute Gasteiger partial charge is 0.480 e. The van der Waals surface area contributed by atoms with Crippen LogP contribution in [0.15, 0.2) is 29.9 Å². The summed E-state index contributed by atoms with van der Waals surface area (Å²) in [4.78, 5) is 22.7. The third-order valence-corrected chi connectivity index (χ3v) is 2.80. The Labute approximate surface area is 100 Å². The van der Waals surface area contributed by atoms with Crippen LogP contribution in [-0.4, -0.2) is 26.8 Å². The summed E-state index contributed by atoms with van der Waals surface area (Å²) in [7, 11) is 0. The summed E-state index contributed by atoms with van der Waals surface area (Å²) in [5.74, 6) is -1.21. The van der Waals surface area contributed by atoms with Crippen LogP contribution in [0.3, 0.4) is 0 Å². The van der Waals surface area contributed by atoms with Crippen molar-refractivity contribution in [2.24, 2.45) is 0 Å². The Hall–Kier alpha value is -2.15. The number of hydrogen-bond donors (Lipinski definition) is 2. The van der Waals surface area contributed by atoms with E-state index in [-0.39, 0.29) is 12.5 Å². The number of hydrogen-bond acceptors (Lipinski definition) is 4. The zero-order valence-electron chi connectivity index (χ0n) is 8.66. The zero-order valence-corrected chi connectivity index (χ0v) is 9.48. The van der Waals surface area contributed by atoms with Gasteiger partial charge in [0.15, 0.2) is 0 Å². The molecule has 2 aromatic heterocycles. The molecule has 0 aromatic carbocycles. The van der Waals surface area contributed by atoms with Crippen LogP contribution in [0.25, 0.3) is 0 Å². The average molecular weight is 251 g/mol. The molecule has 0 fully saturated rings. The standard InChI is InChI=1S/C10H9N3O3S/c14-9(15)6-13-5-7(4-11-13)12-10(16)8-2-1-3-17-8/h1-5H,6H2,(H,12,16)(H,14,15). The van der Waals surface area contributed by atoms with Crippen LogP contribution in [0.4, 0.5) is 5.69 Å². The topological polar surface area (TPSA) is 84.2 Å². The molecule has 0 spiro atoms. The molecule has 0 aliphatic carbocycles. The van der Waals surface area contributed by atoms with E-state index in [1.807, 2.05) is 5.38 Å². The fraction of sp³-hybridized carbons (Fsp3) is 0.100. The molecule has 0 bridgehead atoms. The third-order valence-electron chi connectivity index (χ3n) is 1.93. The number of anilines is 1. The van der Waals surface area contributed by atoms with Crippen molar-refractivity contribution in [3.05, 3.63) is 34.8 Å². The molecule has 0 saturated heterocycles. The molecule has 2 rings (SSSR count). The van der Waals surface area contributed by atoms with Crippen molar-refractivity contribution in [3.63, 3.8) is 0 Å². The molecule has 7 heteroatoms. The van der Waals surface area contributed by atoms with E-state index in [0.29, 0.717) is 10.6 Å². The molecule has 6 nitrogen and oxygen atoms in total. The summed E-state index contributed by atoms with van der Waals surface area (Å²) in [5.41, 5.74) is 0.477. The zero-order chi connectivity index (χ0) is 12.3. The van der Waals surface area contributed by atoms with Crippen LogP contribution in [-0.2, 0) is 11.3 Å². The van der Waals surface area contributed by atoms with Gasteiger partial charge in [0.25, 0.3) is 5.91 Å². The quantitative estimate of drug-likeness (QED) is 0.857. The summed E-state index contributed by atoms with van der Waals surface area (Å²) in [6.07, 6.45) is 2.88. The van der Waals surface area contributed by atoms with E-state index < -0.39 is 5.97 Å². The van der Waals surface area contributed by atoms with Crippen molar-refractivity contribution in [3.8, 4) is 0 Å². The monoisotopic (exact) mass is 251 g/mol. The number of aromatic nitrogens is 2. The highest BCUT2D eigenvalue weighted by molar-refractivity contribution is 7.12. The van der Waals surface area contributed by atoms with E-state index in [0.717, 1.165) is 0 Å². The van der Waals surface area contributed by atoms with Crippen molar-refractivity contribution in [1.29, 1.82) is 0 Å². The van der Waals surface area contributed by atoms with E-state index in [4.69, 9.17) is 5.11 Å². The lowest BCUT2D eigenvalue weighted by molar-refractivity contribution is -0.137. The number of carboxylic acids is 1. The number of thiophene rings is 1. The molecule has 88 valence electrons. The second-order valence-corrected chi connectivity index (χ2v) is 4.20. The maximum atomic E-state index is 11.7. The molecule has 2 heterocycles. The first-order valence-electron chi connectivity index (χ1n) is 4.74. The van der Waals surface area contributed by atoms with Gasteiger partial charge < -0.3 is 10.4 Å². The molecule has 2 aromatic rings. The summed E-state index contributed by atoms with van der Waals surface area (Å²) < 4.78 is 1.24. The number of amides is 1. The van der Waals surface area contributed by atoms with Gasteiger partial charge in [-0.1, -0.05) is 6.07 Å². The van der Waals surface area contributed by atoms with Crippen LogP contribution in [0.1, 0.15) is 9.67 Å². The Balaban J connectivity index is 2.02. The highest BCUT2D eigenvalue weighted by Crippen LogP contribution is 2.12. The highest BCUT2D eigenvalue weighted by atomic mass is 32.1. The molecule has 17 heavy (non-hydrogen) atoms. The molecule has 0 unspecified atom stereocenters. The fourth-order valence-corrected chi connectivity index (χ4v) is 1.87. The Bertz CT molecular complexity index is 533. The van der Waals surface area contributed by atoms with E-state index in [9.17, 15) is 9.59 Å². The van der Waals surface area contributed by atoms with E-state index in [1.165, 1.54) is 28.4 Å². The van der Waals surface area contributed by atoms with Gasteiger partial charge in [0, 0.05) is 6.20 Å². The Morgan fingerprint density at radius 2 is 2.35 bits per heavy atom. The first-order valence-corrected chi connectivity index (χ1v) is 5.62. The second-order valence-electron chi connectivity index (χ2n) is 3.25. The molecule has 0 saturated carbocycles. The van der Waals surface area contributed by atoms with Gasteiger partial charge in [0.2, 0.25) is 0 Å². The van der Waals surface area contributed by atoms with Gasteiger partial charge in [0.1, 0.15) is 6.54 Å². The molecular formula is C10H9N3O3S. The normalized spacial score (nSPS) is 10.1. The number of nitrogens with zero attached hydrogens (tertiary/aromatic N) is 2. The van der Waals surface area contributed by atoms with Crippen molar-refractivity contribution in [2.75, 3.05) is 5.32 Å². The summed E-state index contributed by atoms with van der Waals surface area (Å²) in [6, 6.07) is 3.50. The average Bonchev–Trinajstić information content (AvgIpc) is 2.87. The summed E-state index contributed by atoms with van der Waals surface area (Å²) in [5, 5.41) is 16.8. The highest BCUT2D eigenvalue weighted by Gasteiger charge is 2.08. The molecule has 1 amide bonds. The Kier molecular flexibility index (Phi) is 3.20. The van der Waals surface area contributed by atoms with Crippen molar-refractivity contribution in [1.82, 2.24) is 9.78 Å². The second kappa shape index (κ2) is 4.79. The van der Waals surface area contributed by atoms with Crippen LogP contribution >= 0.6 is 11.3 Å². The van der Waals surface area contributed by atoms with E-state index in [2.05, 4.69) is 10.4 Å². The molecule has 0 aliphatic rings. The van der Waals surface area contributed by atoms with Gasteiger partial charge in [-0.2, -0.15) is 5.10 Å². The number of aliphatic carboxylic acids is 1.